The van der Waals surface area contributed by atoms with Crippen LogP contribution in [0.5, 0.6) is 0 Å². The van der Waals surface area contributed by atoms with E-state index >= 15 is 4.39 Å². The van der Waals surface area contributed by atoms with Crippen molar-refractivity contribution >= 4 is 21.4 Å². The number of rotatable bonds is 8. The van der Waals surface area contributed by atoms with Crippen LogP contribution in [-0.2, 0) is 15.9 Å². The van der Waals surface area contributed by atoms with Crippen molar-refractivity contribution in [3.8, 4) is 0 Å². The second-order valence-corrected chi connectivity index (χ2v) is 10.7. The number of benzene rings is 1. The van der Waals surface area contributed by atoms with E-state index < -0.39 is 18.1 Å². The minimum Gasteiger partial charge on any atom is -0.373 e. The zero-order valence-corrected chi connectivity index (χ0v) is 20.4. The van der Waals surface area contributed by atoms with Crippen molar-refractivity contribution in [3.63, 3.8) is 0 Å². The molecule has 0 bridgehead atoms. The maximum Gasteiger partial charge on any atom is 0.361 e. The van der Waals surface area contributed by atoms with Crippen LogP contribution in [0, 0.1) is 17.7 Å². The molecule has 1 aliphatic carbocycles. The predicted molar refractivity (Wildman–Crippen MR) is 128 cm³/mol. The quantitative estimate of drug-likeness (QED) is 0.352. The van der Waals surface area contributed by atoms with E-state index in [1.54, 1.807) is 6.07 Å². The van der Waals surface area contributed by atoms with Crippen molar-refractivity contribution in [3.05, 3.63) is 46.6 Å². The molecule has 182 valence electrons. The van der Waals surface area contributed by atoms with Crippen molar-refractivity contribution in [1.29, 1.82) is 0 Å². The zero-order chi connectivity index (χ0) is 23.4. The highest BCUT2D eigenvalue weighted by Gasteiger charge is 2.46. The van der Waals surface area contributed by atoms with E-state index in [-0.39, 0.29) is 24.9 Å². The number of alkyl halides is 2. The monoisotopic (exact) mass is 480 g/mol. The summed E-state index contributed by atoms with van der Waals surface area (Å²) in [5.41, 5.74) is 0.478. The fourth-order valence-electron chi connectivity index (χ4n) is 5.18. The molecule has 2 nitrogen and oxygen atoms in total. The number of ether oxygens (including phenoxy) is 2. The van der Waals surface area contributed by atoms with Gasteiger partial charge in [-0.1, -0.05) is 31.2 Å². The molecule has 2 heterocycles. The van der Waals surface area contributed by atoms with Crippen LogP contribution >= 0.6 is 11.3 Å². The van der Waals surface area contributed by atoms with Gasteiger partial charge < -0.3 is 9.47 Å². The Morgan fingerprint density at radius 1 is 1.15 bits per heavy atom. The predicted octanol–water partition coefficient (Wildman–Crippen LogP) is 8.60. The van der Waals surface area contributed by atoms with E-state index in [1.165, 1.54) is 11.3 Å². The number of fused-ring (bicyclic) bond motifs is 1. The maximum absolute atomic E-state index is 15.1. The Hall–Kier alpha value is -1.37. The number of allylic oxidation sites excluding steroid dienone is 2. The standard InChI is InChI=1S/C27H35F3O2S/c1-3-5-6-7-18-8-12-21(13-9-18)32-27(29,30)20-11-15-24(31-17-20)23-14-10-19-16-22(4-2)33-26(19)25(23)28/h3,5,10,14,16,18,20-21,24H,4,6-9,11-13,15,17H2,1-2H3/b5-3+. The summed E-state index contributed by atoms with van der Waals surface area (Å²) in [5.74, 6) is -0.645. The highest BCUT2D eigenvalue weighted by Crippen LogP contribution is 2.43. The summed E-state index contributed by atoms with van der Waals surface area (Å²) >= 11 is 1.46. The molecule has 2 aromatic rings. The molecular weight excluding hydrogens is 445 g/mol. The normalized spacial score (nSPS) is 26.9. The number of hydrogen-bond donors (Lipinski definition) is 0. The molecule has 4 rings (SSSR count). The first-order valence-corrected chi connectivity index (χ1v) is 13.2. The Kier molecular flexibility index (Phi) is 8.19. The average molecular weight is 481 g/mol. The first-order chi connectivity index (χ1) is 15.9. The summed E-state index contributed by atoms with van der Waals surface area (Å²) in [6, 6.07) is 5.67. The fraction of sp³-hybridized carbons (Fsp3) is 0.630. The molecule has 0 amide bonds. The first kappa shape index (κ1) is 24.7. The van der Waals surface area contributed by atoms with Crippen molar-refractivity contribution in [2.75, 3.05) is 6.61 Å². The molecule has 6 heteroatoms. The molecule has 1 saturated heterocycles. The molecule has 2 atom stereocenters. The van der Waals surface area contributed by atoms with Gasteiger partial charge in [-0.2, -0.15) is 8.78 Å². The summed E-state index contributed by atoms with van der Waals surface area (Å²) in [7, 11) is 0. The zero-order valence-electron chi connectivity index (χ0n) is 19.6. The van der Waals surface area contributed by atoms with E-state index in [0.717, 1.165) is 42.4 Å². The second kappa shape index (κ2) is 10.9. The van der Waals surface area contributed by atoms with E-state index in [1.807, 2.05) is 26.0 Å². The van der Waals surface area contributed by atoms with Crippen molar-refractivity contribution in [2.45, 2.75) is 90.0 Å². The van der Waals surface area contributed by atoms with E-state index in [0.29, 0.717) is 35.4 Å². The van der Waals surface area contributed by atoms with Gasteiger partial charge in [0.2, 0.25) is 0 Å². The van der Waals surface area contributed by atoms with Gasteiger partial charge in [-0.25, -0.2) is 4.39 Å². The minimum absolute atomic E-state index is 0.113. The van der Waals surface area contributed by atoms with Gasteiger partial charge in [0.05, 0.1) is 29.4 Å². The number of aryl methyl sites for hydroxylation is 1. The van der Waals surface area contributed by atoms with Gasteiger partial charge in [-0.3, -0.25) is 0 Å². The summed E-state index contributed by atoms with van der Waals surface area (Å²) in [6.07, 6.45) is 7.11. The highest BCUT2D eigenvalue weighted by atomic mass is 32.1. The molecule has 0 radical (unpaired) electrons. The first-order valence-electron chi connectivity index (χ1n) is 12.4. The van der Waals surface area contributed by atoms with Crippen LogP contribution in [0.2, 0.25) is 0 Å². The van der Waals surface area contributed by atoms with Crippen LogP contribution in [0.3, 0.4) is 0 Å². The number of hydrogen-bond acceptors (Lipinski definition) is 3. The molecule has 2 unspecified atom stereocenters. The van der Waals surface area contributed by atoms with Crippen LogP contribution in [0.4, 0.5) is 13.2 Å². The lowest BCUT2D eigenvalue weighted by molar-refractivity contribution is -0.311. The van der Waals surface area contributed by atoms with Crippen LogP contribution in [-0.4, -0.2) is 18.8 Å². The van der Waals surface area contributed by atoms with Crippen LogP contribution in [0.15, 0.2) is 30.4 Å². The SMILES string of the molecule is C/C=C/CCC1CCC(OC(F)(F)C2CCC(c3ccc4cc(CC)sc4c3F)OC2)CC1. The van der Waals surface area contributed by atoms with Gasteiger partial charge in [-0.05, 0) is 82.1 Å². The summed E-state index contributed by atoms with van der Waals surface area (Å²) in [5, 5.41) is 0.892. The molecule has 1 aromatic carbocycles. The maximum atomic E-state index is 15.1. The molecule has 1 aromatic heterocycles. The number of thiophene rings is 1. The van der Waals surface area contributed by atoms with Crippen molar-refractivity contribution in [2.24, 2.45) is 11.8 Å². The second-order valence-electron chi connectivity index (χ2n) is 9.52. The van der Waals surface area contributed by atoms with Crippen molar-refractivity contribution in [1.82, 2.24) is 0 Å². The van der Waals surface area contributed by atoms with Gasteiger partial charge in [0, 0.05) is 10.4 Å². The van der Waals surface area contributed by atoms with E-state index in [9.17, 15) is 8.78 Å². The van der Waals surface area contributed by atoms with E-state index in [2.05, 4.69) is 12.2 Å². The van der Waals surface area contributed by atoms with Gasteiger partial charge in [0.1, 0.15) is 5.82 Å². The molecule has 33 heavy (non-hydrogen) atoms. The van der Waals surface area contributed by atoms with Crippen molar-refractivity contribution < 1.29 is 22.6 Å². The number of halogens is 3. The molecule has 2 aliphatic rings. The molecular formula is C27H35F3O2S. The Balaban J connectivity index is 1.30. The Morgan fingerprint density at radius 2 is 1.94 bits per heavy atom. The smallest absolute Gasteiger partial charge is 0.361 e. The van der Waals surface area contributed by atoms with Crippen LogP contribution in [0.25, 0.3) is 10.1 Å². The molecule has 2 fully saturated rings. The minimum atomic E-state index is -3.21. The lowest BCUT2D eigenvalue weighted by Crippen LogP contribution is -2.41. The third-order valence-corrected chi connectivity index (χ3v) is 8.54. The third-order valence-electron chi connectivity index (χ3n) is 7.25. The lowest BCUT2D eigenvalue weighted by Gasteiger charge is -2.37. The third kappa shape index (κ3) is 5.83. The summed E-state index contributed by atoms with van der Waals surface area (Å²) in [4.78, 5) is 1.13. The van der Waals surface area contributed by atoms with Gasteiger partial charge >= 0.3 is 6.11 Å². The Morgan fingerprint density at radius 3 is 2.61 bits per heavy atom. The molecule has 1 saturated carbocycles. The van der Waals surface area contributed by atoms with Crippen LogP contribution < -0.4 is 0 Å². The highest BCUT2D eigenvalue weighted by molar-refractivity contribution is 7.19. The summed E-state index contributed by atoms with van der Waals surface area (Å²) in [6.45, 7) is 3.95. The van der Waals surface area contributed by atoms with Gasteiger partial charge in [0.25, 0.3) is 0 Å². The molecule has 0 N–H and O–H groups in total. The van der Waals surface area contributed by atoms with Gasteiger partial charge in [-0.15, -0.1) is 11.3 Å². The average Bonchev–Trinajstić information content (AvgIpc) is 3.25. The topological polar surface area (TPSA) is 18.5 Å². The van der Waals surface area contributed by atoms with Crippen LogP contribution in [0.1, 0.15) is 81.8 Å². The fourth-order valence-corrected chi connectivity index (χ4v) is 6.22. The van der Waals surface area contributed by atoms with E-state index in [4.69, 9.17) is 9.47 Å². The molecule has 0 spiro atoms. The molecule has 1 aliphatic heterocycles. The van der Waals surface area contributed by atoms with Gasteiger partial charge in [0.15, 0.2) is 0 Å². The Bertz CT molecular complexity index is 938. The largest absolute Gasteiger partial charge is 0.373 e. The summed E-state index contributed by atoms with van der Waals surface area (Å²) < 4.78 is 56.7. The lowest BCUT2D eigenvalue weighted by atomic mass is 9.84. The Labute approximate surface area is 199 Å².